The van der Waals surface area contributed by atoms with Crippen LogP contribution in [0.5, 0.6) is 5.75 Å². The Labute approximate surface area is 184 Å². The van der Waals surface area contributed by atoms with Crippen LogP contribution in [0.4, 0.5) is 5.13 Å². The van der Waals surface area contributed by atoms with Gasteiger partial charge in [-0.1, -0.05) is 42.6 Å². The van der Waals surface area contributed by atoms with Gasteiger partial charge in [0.15, 0.2) is 5.13 Å². The van der Waals surface area contributed by atoms with Gasteiger partial charge in [-0.25, -0.2) is 4.98 Å². The molecular formula is C22H20Cl2N2O2S. The molecule has 0 aliphatic carbocycles. The summed E-state index contributed by atoms with van der Waals surface area (Å²) in [5.41, 5.74) is 2.56. The van der Waals surface area contributed by atoms with Gasteiger partial charge < -0.3 is 4.74 Å². The number of nitrogens with zero attached hydrogens (tertiary/aromatic N) is 1. The molecular weight excluding hydrogens is 427 g/mol. The Morgan fingerprint density at radius 3 is 2.69 bits per heavy atom. The van der Waals surface area contributed by atoms with Crippen LogP contribution in [0.25, 0.3) is 17.3 Å². The van der Waals surface area contributed by atoms with Crippen LogP contribution in [0.15, 0.2) is 53.9 Å². The van der Waals surface area contributed by atoms with Crippen LogP contribution in [0, 0.1) is 0 Å². The molecule has 0 fully saturated rings. The Balaban J connectivity index is 1.58. The Morgan fingerprint density at radius 2 is 1.97 bits per heavy atom. The van der Waals surface area contributed by atoms with Crippen LogP contribution < -0.4 is 10.1 Å². The molecule has 0 radical (unpaired) electrons. The first-order valence-electron chi connectivity index (χ1n) is 9.18. The molecule has 0 spiro atoms. The van der Waals surface area contributed by atoms with Gasteiger partial charge in [-0.3, -0.25) is 10.1 Å². The van der Waals surface area contributed by atoms with Gasteiger partial charge in [0.05, 0.1) is 22.3 Å². The van der Waals surface area contributed by atoms with E-state index in [4.69, 9.17) is 27.9 Å². The third-order valence-corrected chi connectivity index (χ3v) is 5.52. The minimum atomic E-state index is -0.267. The molecule has 0 atom stereocenters. The molecule has 4 nitrogen and oxygen atoms in total. The number of halogens is 2. The van der Waals surface area contributed by atoms with Gasteiger partial charge in [0.1, 0.15) is 5.75 Å². The van der Waals surface area contributed by atoms with E-state index in [1.54, 1.807) is 24.3 Å². The van der Waals surface area contributed by atoms with E-state index in [9.17, 15) is 4.79 Å². The van der Waals surface area contributed by atoms with Crippen LogP contribution in [0.2, 0.25) is 10.0 Å². The normalized spacial score (nSPS) is 11.0. The maximum absolute atomic E-state index is 12.1. The number of amides is 1. The lowest BCUT2D eigenvalue weighted by molar-refractivity contribution is -0.111. The molecule has 0 unspecified atom stereocenters. The van der Waals surface area contributed by atoms with Crippen molar-refractivity contribution < 1.29 is 9.53 Å². The maximum Gasteiger partial charge on any atom is 0.250 e. The zero-order valence-corrected chi connectivity index (χ0v) is 18.2. The van der Waals surface area contributed by atoms with Crippen molar-refractivity contribution in [3.63, 3.8) is 0 Å². The molecule has 1 N–H and O–H groups in total. The van der Waals surface area contributed by atoms with Gasteiger partial charge in [0.25, 0.3) is 0 Å². The second-order valence-corrected chi connectivity index (χ2v) is 7.93. The van der Waals surface area contributed by atoms with Gasteiger partial charge in [-0.05, 0) is 54.5 Å². The molecule has 3 aromatic rings. The topological polar surface area (TPSA) is 51.2 Å². The molecule has 0 saturated heterocycles. The van der Waals surface area contributed by atoms with Crippen molar-refractivity contribution in [2.75, 3.05) is 11.9 Å². The van der Waals surface area contributed by atoms with Gasteiger partial charge in [0.2, 0.25) is 5.91 Å². The first-order chi connectivity index (χ1) is 14.0. The largest absolute Gasteiger partial charge is 0.494 e. The van der Waals surface area contributed by atoms with E-state index >= 15 is 0 Å². The molecule has 150 valence electrons. The Morgan fingerprint density at radius 1 is 1.17 bits per heavy atom. The monoisotopic (exact) mass is 446 g/mol. The SMILES string of the molecule is CCCCOc1ccc(-c2csc(NC(=O)/C=C/c3ccc(Cl)c(Cl)c3)n2)cc1. The quantitative estimate of drug-likeness (QED) is 0.300. The number of benzene rings is 2. The minimum Gasteiger partial charge on any atom is -0.494 e. The zero-order valence-electron chi connectivity index (χ0n) is 15.8. The highest BCUT2D eigenvalue weighted by Gasteiger charge is 2.07. The highest BCUT2D eigenvalue weighted by molar-refractivity contribution is 7.14. The van der Waals surface area contributed by atoms with E-state index in [0.717, 1.165) is 42.0 Å². The average Bonchev–Trinajstić information content (AvgIpc) is 3.18. The highest BCUT2D eigenvalue weighted by atomic mass is 35.5. The predicted octanol–water partition coefficient (Wildman–Crippen LogP) is 6.95. The van der Waals surface area contributed by atoms with E-state index in [0.29, 0.717) is 15.2 Å². The summed E-state index contributed by atoms with van der Waals surface area (Å²) in [5, 5.41) is 6.14. The fourth-order valence-corrected chi connectivity index (χ4v) is 3.48. The van der Waals surface area contributed by atoms with Gasteiger partial charge >= 0.3 is 0 Å². The fraction of sp³-hybridized carbons (Fsp3) is 0.182. The van der Waals surface area contributed by atoms with Crippen LogP contribution >= 0.6 is 34.5 Å². The molecule has 1 amide bonds. The molecule has 3 rings (SSSR count). The average molecular weight is 447 g/mol. The standard InChI is InChI=1S/C22H20Cl2N2O2S/c1-2-3-12-28-17-8-6-16(7-9-17)20-14-29-22(25-20)26-21(27)11-5-15-4-10-18(23)19(24)13-15/h4-11,13-14H,2-3,12H2,1H3,(H,25,26,27)/b11-5+. The molecule has 1 aromatic heterocycles. The highest BCUT2D eigenvalue weighted by Crippen LogP contribution is 2.27. The summed E-state index contributed by atoms with van der Waals surface area (Å²) in [6.45, 7) is 2.85. The molecule has 7 heteroatoms. The van der Waals surface area contributed by atoms with Crippen molar-refractivity contribution in [1.82, 2.24) is 4.98 Å². The fourth-order valence-electron chi connectivity index (χ4n) is 2.46. The molecule has 0 aliphatic heterocycles. The number of nitrogens with one attached hydrogen (secondary N) is 1. The second kappa shape index (κ2) is 10.4. The second-order valence-electron chi connectivity index (χ2n) is 6.26. The van der Waals surface area contributed by atoms with Crippen LogP contribution in [0.1, 0.15) is 25.3 Å². The Hall–Kier alpha value is -2.34. The van der Waals surface area contributed by atoms with Crippen molar-refractivity contribution in [2.45, 2.75) is 19.8 Å². The van der Waals surface area contributed by atoms with Crippen molar-refractivity contribution in [2.24, 2.45) is 0 Å². The Bertz CT molecular complexity index is 1000. The Kier molecular flexibility index (Phi) is 7.69. The first kappa shape index (κ1) is 21.4. The number of thiazole rings is 1. The summed E-state index contributed by atoms with van der Waals surface area (Å²) in [5.74, 6) is 0.579. The zero-order chi connectivity index (χ0) is 20.6. The smallest absolute Gasteiger partial charge is 0.250 e. The number of carbonyl (C=O) groups excluding carboxylic acids is 1. The van der Waals surface area contributed by atoms with Gasteiger partial charge in [-0.15, -0.1) is 11.3 Å². The van der Waals surface area contributed by atoms with E-state index in [1.807, 2.05) is 29.6 Å². The van der Waals surface area contributed by atoms with E-state index in [2.05, 4.69) is 17.2 Å². The summed E-state index contributed by atoms with van der Waals surface area (Å²) < 4.78 is 5.67. The third-order valence-electron chi connectivity index (χ3n) is 4.02. The van der Waals surface area contributed by atoms with Crippen molar-refractivity contribution in [1.29, 1.82) is 0 Å². The number of rotatable bonds is 8. The molecule has 29 heavy (non-hydrogen) atoms. The number of hydrogen-bond acceptors (Lipinski definition) is 4. The lowest BCUT2D eigenvalue weighted by Crippen LogP contribution is -2.07. The summed E-state index contributed by atoms with van der Waals surface area (Å²) in [4.78, 5) is 16.6. The van der Waals surface area contributed by atoms with Crippen LogP contribution in [-0.2, 0) is 4.79 Å². The number of ether oxygens (including phenoxy) is 1. The third kappa shape index (κ3) is 6.32. The number of anilines is 1. The number of unbranched alkanes of at least 4 members (excludes halogenated alkanes) is 1. The van der Waals surface area contributed by atoms with Crippen molar-refractivity contribution >= 4 is 51.7 Å². The van der Waals surface area contributed by atoms with Crippen molar-refractivity contribution in [3.8, 4) is 17.0 Å². The number of carbonyl (C=O) groups is 1. The molecule has 0 aliphatic rings. The number of hydrogen-bond donors (Lipinski definition) is 1. The summed E-state index contributed by atoms with van der Waals surface area (Å²) >= 11 is 13.2. The molecule has 1 heterocycles. The molecule has 0 saturated carbocycles. The molecule has 0 bridgehead atoms. The summed E-state index contributed by atoms with van der Waals surface area (Å²) in [6, 6.07) is 13.0. The number of aromatic nitrogens is 1. The van der Waals surface area contributed by atoms with Gasteiger partial charge in [-0.2, -0.15) is 0 Å². The van der Waals surface area contributed by atoms with E-state index in [1.165, 1.54) is 17.4 Å². The van der Waals surface area contributed by atoms with E-state index < -0.39 is 0 Å². The summed E-state index contributed by atoms with van der Waals surface area (Å²) in [6.07, 6.45) is 5.25. The lowest BCUT2D eigenvalue weighted by atomic mass is 10.2. The maximum atomic E-state index is 12.1. The minimum absolute atomic E-state index is 0.267. The predicted molar refractivity (Wildman–Crippen MR) is 122 cm³/mol. The van der Waals surface area contributed by atoms with Crippen LogP contribution in [-0.4, -0.2) is 17.5 Å². The van der Waals surface area contributed by atoms with Crippen molar-refractivity contribution in [3.05, 3.63) is 69.5 Å². The van der Waals surface area contributed by atoms with Gasteiger partial charge in [0, 0.05) is 17.0 Å². The van der Waals surface area contributed by atoms with E-state index in [-0.39, 0.29) is 5.91 Å². The lowest BCUT2D eigenvalue weighted by Gasteiger charge is -2.05. The summed E-state index contributed by atoms with van der Waals surface area (Å²) in [7, 11) is 0. The molecule has 2 aromatic carbocycles. The first-order valence-corrected chi connectivity index (χ1v) is 10.8. The van der Waals surface area contributed by atoms with Crippen LogP contribution in [0.3, 0.4) is 0 Å².